The second-order valence-electron chi connectivity index (χ2n) is 5.81. The van der Waals surface area contributed by atoms with Gasteiger partial charge in [0.1, 0.15) is 0 Å². The lowest BCUT2D eigenvalue weighted by atomic mass is 10.1. The lowest BCUT2D eigenvalue weighted by Crippen LogP contribution is -2.14. The molecule has 3 rings (SSSR count). The number of halogens is 3. The van der Waals surface area contributed by atoms with E-state index in [1.165, 1.54) is 0 Å². The third-order valence-corrected chi connectivity index (χ3v) is 4.04. The third-order valence-electron chi connectivity index (χ3n) is 4.04. The van der Waals surface area contributed by atoms with E-state index in [0.717, 1.165) is 10.1 Å². The molecule has 0 amide bonds. The van der Waals surface area contributed by atoms with Gasteiger partial charge in [0.05, 0.1) is 6.61 Å². The number of ether oxygens (including phenoxy) is 1. The summed E-state index contributed by atoms with van der Waals surface area (Å²) in [7, 11) is 0. The van der Waals surface area contributed by atoms with Gasteiger partial charge in [-0.3, -0.25) is 0 Å². The minimum Gasteiger partial charge on any atom is -0.377 e. The summed E-state index contributed by atoms with van der Waals surface area (Å²) >= 11 is 0. The Morgan fingerprint density at radius 3 is 2.38 bits per heavy atom. The molecule has 0 aliphatic carbocycles. The number of aryl methyl sites for hydroxylation is 1. The van der Waals surface area contributed by atoms with Crippen LogP contribution in [0.2, 0.25) is 0 Å². The molecule has 9 heteroatoms. The molecule has 138 valence electrons. The van der Waals surface area contributed by atoms with Gasteiger partial charge >= 0.3 is 6.18 Å². The lowest BCUT2D eigenvalue weighted by molar-refractivity contribution is -0.146. The lowest BCUT2D eigenvalue weighted by Gasteiger charge is -2.13. The van der Waals surface area contributed by atoms with Crippen LogP contribution in [-0.4, -0.2) is 26.4 Å². The fourth-order valence-electron chi connectivity index (χ4n) is 2.47. The van der Waals surface area contributed by atoms with Crippen LogP contribution < -0.4 is 5.32 Å². The number of benzene rings is 1. The predicted octanol–water partition coefficient (Wildman–Crippen LogP) is 4.04. The first-order valence-corrected chi connectivity index (χ1v) is 8.04. The fourth-order valence-corrected chi connectivity index (χ4v) is 2.47. The quantitative estimate of drug-likeness (QED) is 0.739. The van der Waals surface area contributed by atoms with Crippen molar-refractivity contribution in [2.45, 2.75) is 33.6 Å². The molecule has 2 aromatic heterocycles. The van der Waals surface area contributed by atoms with Crippen LogP contribution in [0, 0.1) is 13.8 Å². The molecule has 0 atom stereocenters. The summed E-state index contributed by atoms with van der Waals surface area (Å²) in [6, 6.07) is 7.43. The van der Waals surface area contributed by atoms with E-state index in [-0.39, 0.29) is 5.65 Å². The molecule has 6 nitrogen and oxygen atoms in total. The standard InChI is InChI=1S/C17H18F3N5O/c1-4-26-9-12-5-7-13(8-6-12)21-14-10(2)11(3)15-22-23-16(17(18,19)20)25(15)24-14/h5-8H,4,9H2,1-3H3,(H,21,24). The summed E-state index contributed by atoms with van der Waals surface area (Å²) in [5.41, 5.74) is 3.09. The number of nitrogens with one attached hydrogen (secondary N) is 1. The number of anilines is 2. The topological polar surface area (TPSA) is 64.3 Å². The minimum atomic E-state index is -4.63. The van der Waals surface area contributed by atoms with Crippen LogP contribution in [0.25, 0.3) is 5.65 Å². The Bertz CT molecular complexity index is 919. The number of nitrogens with zero attached hydrogens (tertiary/aromatic N) is 4. The zero-order valence-electron chi connectivity index (χ0n) is 14.6. The summed E-state index contributed by atoms with van der Waals surface area (Å²) < 4.78 is 45.3. The van der Waals surface area contributed by atoms with E-state index < -0.39 is 12.0 Å². The molecule has 1 N–H and O–H groups in total. The largest absolute Gasteiger partial charge is 0.453 e. The molecule has 0 fully saturated rings. The van der Waals surface area contributed by atoms with Gasteiger partial charge in [0.2, 0.25) is 0 Å². The van der Waals surface area contributed by atoms with E-state index in [1.807, 2.05) is 31.2 Å². The monoisotopic (exact) mass is 365 g/mol. The van der Waals surface area contributed by atoms with Crippen LogP contribution in [0.1, 0.15) is 29.4 Å². The normalized spacial score (nSPS) is 11.9. The van der Waals surface area contributed by atoms with Crippen LogP contribution >= 0.6 is 0 Å². The number of fused-ring (bicyclic) bond motifs is 1. The van der Waals surface area contributed by atoms with Crippen molar-refractivity contribution in [3.05, 3.63) is 46.8 Å². The first kappa shape index (κ1) is 18.1. The molecule has 0 saturated carbocycles. The predicted molar refractivity (Wildman–Crippen MR) is 90.3 cm³/mol. The summed E-state index contributed by atoms with van der Waals surface area (Å²) in [6.07, 6.45) is -4.63. The van der Waals surface area contributed by atoms with Gasteiger partial charge in [-0.1, -0.05) is 12.1 Å². The Balaban J connectivity index is 1.95. The molecule has 0 bridgehead atoms. The average Bonchev–Trinajstić information content (AvgIpc) is 3.03. The number of rotatable bonds is 5. The number of alkyl halides is 3. The van der Waals surface area contributed by atoms with E-state index in [1.54, 1.807) is 13.8 Å². The Morgan fingerprint density at radius 1 is 1.08 bits per heavy atom. The highest BCUT2D eigenvalue weighted by atomic mass is 19.4. The first-order valence-electron chi connectivity index (χ1n) is 8.04. The zero-order chi connectivity index (χ0) is 18.9. The molecule has 26 heavy (non-hydrogen) atoms. The van der Waals surface area contributed by atoms with E-state index in [9.17, 15) is 13.2 Å². The second kappa shape index (κ2) is 6.91. The van der Waals surface area contributed by atoms with Crippen molar-refractivity contribution in [3.8, 4) is 0 Å². The maximum Gasteiger partial charge on any atom is 0.453 e. The average molecular weight is 365 g/mol. The first-order chi connectivity index (χ1) is 12.3. The molecule has 0 unspecified atom stereocenters. The van der Waals surface area contributed by atoms with Gasteiger partial charge in [-0.05, 0) is 38.5 Å². The van der Waals surface area contributed by atoms with Gasteiger partial charge in [-0.15, -0.1) is 15.3 Å². The van der Waals surface area contributed by atoms with E-state index in [2.05, 4.69) is 20.6 Å². The molecular formula is C17H18F3N5O. The highest BCUT2D eigenvalue weighted by Gasteiger charge is 2.38. The molecule has 0 aliphatic rings. The van der Waals surface area contributed by atoms with Crippen molar-refractivity contribution in [3.63, 3.8) is 0 Å². The molecule has 0 radical (unpaired) electrons. The smallest absolute Gasteiger partial charge is 0.377 e. The molecule has 0 spiro atoms. The van der Waals surface area contributed by atoms with Gasteiger partial charge in [-0.2, -0.15) is 17.7 Å². The van der Waals surface area contributed by atoms with Gasteiger partial charge < -0.3 is 10.1 Å². The third kappa shape index (κ3) is 3.48. The minimum absolute atomic E-state index is 0.0902. The van der Waals surface area contributed by atoms with Gasteiger partial charge in [0, 0.05) is 23.4 Å². The second-order valence-corrected chi connectivity index (χ2v) is 5.81. The van der Waals surface area contributed by atoms with E-state index in [4.69, 9.17) is 4.74 Å². The van der Waals surface area contributed by atoms with Crippen LogP contribution in [-0.2, 0) is 17.5 Å². The van der Waals surface area contributed by atoms with Crippen molar-refractivity contribution in [2.24, 2.45) is 0 Å². The van der Waals surface area contributed by atoms with Crippen LogP contribution in [0.3, 0.4) is 0 Å². The van der Waals surface area contributed by atoms with Crippen LogP contribution in [0.4, 0.5) is 24.7 Å². The highest BCUT2D eigenvalue weighted by Crippen LogP contribution is 2.30. The van der Waals surface area contributed by atoms with Crippen molar-refractivity contribution in [1.82, 2.24) is 19.8 Å². The summed E-state index contributed by atoms with van der Waals surface area (Å²) in [6.45, 7) is 6.52. The SMILES string of the molecule is CCOCc1ccc(Nc2nn3c(C(F)(F)F)nnc3c(C)c2C)cc1. The number of hydrogen-bond donors (Lipinski definition) is 1. The van der Waals surface area contributed by atoms with Crippen molar-refractivity contribution < 1.29 is 17.9 Å². The molecular weight excluding hydrogens is 347 g/mol. The van der Waals surface area contributed by atoms with Gasteiger partial charge in [0.25, 0.3) is 5.82 Å². The molecule has 0 aliphatic heterocycles. The maximum absolute atomic E-state index is 13.1. The Kier molecular flexibility index (Phi) is 4.82. The fraction of sp³-hybridized carbons (Fsp3) is 0.353. The van der Waals surface area contributed by atoms with Gasteiger partial charge in [-0.25, -0.2) is 0 Å². The molecule has 3 aromatic rings. The highest BCUT2D eigenvalue weighted by molar-refractivity contribution is 5.64. The van der Waals surface area contributed by atoms with Gasteiger partial charge in [0.15, 0.2) is 11.5 Å². The number of hydrogen-bond acceptors (Lipinski definition) is 5. The van der Waals surface area contributed by atoms with Crippen molar-refractivity contribution in [2.75, 3.05) is 11.9 Å². The number of aromatic nitrogens is 4. The Labute approximate surface area is 148 Å². The Hall–Kier alpha value is -2.68. The maximum atomic E-state index is 13.1. The van der Waals surface area contributed by atoms with E-state index in [0.29, 0.717) is 35.8 Å². The molecule has 2 heterocycles. The molecule has 0 saturated heterocycles. The summed E-state index contributed by atoms with van der Waals surface area (Å²) in [4.78, 5) is 0. The summed E-state index contributed by atoms with van der Waals surface area (Å²) in [5, 5.41) is 14.0. The molecule has 1 aromatic carbocycles. The zero-order valence-corrected chi connectivity index (χ0v) is 14.6. The van der Waals surface area contributed by atoms with Crippen molar-refractivity contribution >= 4 is 17.2 Å². The Morgan fingerprint density at radius 2 is 1.77 bits per heavy atom. The van der Waals surface area contributed by atoms with Crippen LogP contribution in [0.5, 0.6) is 0 Å². The van der Waals surface area contributed by atoms with Crippen molar-refractivity contribution in [1.29, 1.82) is 0 Å². The van der Waals surface area contributed by atoms with E-state index >= 15 is 0 Å². The summed E-state index contributed by atoms with van der Waals surface area (Å²) in [5.74, 6) is -0.830. The van der Waals surface area contributed by atoms with Crippen LogP contribution in [0.15, 0.2) is 24.3 Å².